The highest BCUT2D eigenvalue weighted by molar-refractivity contribution is 5.28. The van der Waals surface area contributed by atoms with Gasteiger partial charge in [0, 0.05) is 18.1 Å². The molecule has 1 aromatic rings. The maximum Gasteiger partial charge on any atom is 0.118 e. The summed E-state index contributed by atoms with van der Waals surface area (Å²) < 4.78 is 5.21. The Morgan fingerprint density at radius 3 is 2.67 bits per heavy atom. The van der Waals surface area contributed by atoms with E-state index in [1.54, 1.807) is 7.11 Å². The first-order valence-electron chi connectivity index (χ1n) is 8.32. The smallest absolute Gasteiger partial charge is 0.118 e. The Bertz CT molecular complexity index is 396. The van der Waals surface area contributed by atoms with E-state index in [0.717, 1.165) is 5.75 Å². The van der Waals surface area contributed by atoms with Crippen molar-refractivity contribution in [1.29, 1.82) is 0 Å². The van der Waals surface area contributed by atoms with Crippen LogP contribution >= 0.6 is 0 Å². The van der Waals surface area contributed by atoms with E-state index in [9.17, 15) is 0 Å². The maximum absolute atomic E-state index is 5.21. The van der Waals surface area contributed by atoms with E-state index in [1.165, 1.54) is 44.2 Å². The largest absolute Gasteiger partial charge is 0.497 e. The average molecular weight is 290 g/mol. The number of ether oxygens (including phenoxy) is 1. The van der Waals surface area contributed by atoms with Gasteiger partial charge in [-0.1, -0.05) is 25.0 Å². The lowest BCUT2D eigenvalue weighted by Gasteiger charge is -2.25. The zero-order valence-corrected chi connectivity index (χ0v) is 13.7. The molecule has 2 rings (SSSR count). The summed E-state index contributed by atoms with van der Waals surface area (Å²) >= 11 is 0. The maximum atomic E-state index is 5.21. The molecule has 118 valence electrons. The molecule has 3 atom stereocenters. The summed E-state index contributed by atoms with van der Waals surface area (Å²) in [5.74, 6) is 0.918. The number of methoxy groups -OCH3 is 1. The van der Waals surface area contributed by atoms with Crippen molar-refractivity contribution in [2.75, 3.05) is 13.7 Å². The quantitative estimate of drug-likeness (QED) is 0.839. The van der Waals surface area contributed by atoms with Crippen molar-refractivity contribution in [1.82, 2.24) is 10.6 Å². The highest BCUT2D eigenvalue weighted by Crippen LogP contribution is 2.19. The molecule has 0 amide bonds. The highest BCUT2D eigenvalue weighted by atomic mass is 16.5. The van der Waals surface area contributed by atoms with Gasteiger partial charge in [0.1, 0.15) is 5.75 Å². The number of benzene rings is 1. The van der Waals surface area contributed by atoms with Gasteiger partial charge in [-0.25, -0.2) is 0 Å². The van der Waals surface area contributed by atoms with Crippen molar-refractivity contribution in [2.45, 2.75) is 64.1 Å². The van der Waals surface area contributed by atoms with Crippen molar-refractivity contribution >= 4 is 0 Å². The fourth-order valence-electron chi connectivity index (χ4n) is 3.21. The van der Waals surface area contributed by atoms with Gasteiger partial charge in [0.2, 0.25) is 0 Å². The van der Waals surface area contributed by atoms with Crippen molar-refractivity contribution in [3.05, 3.63) is 29.8 Å². The first-order chi connectivity index (χ1) is 10.2. The van der Waals surface area contributed by atoms with E-state index < -0.39 is 0 Å². The predicted molar refractivity (Wildman–Crippen MR) is 88.9 cm³/mol. The Kier molecular flexibility index (Phi) is 6.52. The van der Waals surface area contributed by atoms with Crippen LogP contribution in [0.4, 0.5) is 0 Å². The normalized spacial score (nSPS) is 22.3. The molecule has 1 aliphatic rings. The molecule has 0 spiro atoms. The molecule has 1 heterocycles. The topological polar surface area (TPSA) is 33.3 Å². The second kappa shape index (κ2) is 8.40. The zero-order chi connectivity index (χ0) is 15.1. The second-order valence-corrected chi connectivity index (χ2v) is 6.30. The summed E-state index contributed by atoms with van der Waals surface area (Å²) in [6.07, 6.45) is 6.62. The second-order valence-electron chi connectivity index (χ2n) is 6.30. The van der Waals surface area contributed by atoms with Crippen LogP contribution in [-0.2, 0) is 0 Å². The van der Waals surface area contributed by atoms with Crippen LogP contribution < -0.4 is 15.4 Å². The highest BCUT2D eigenvalue weighted by Gasteiger charge is 2.16. The van der Waals surface area contributed by atoms with Gasteiger partial charge < -0.3 is 15.4 Å². The molecular weight excluding hydrogens is 260 g/mol. The first-order valence-corrected chi connectivity index (χ1v) is 8.32. The van der Waals surface area contributed by atoms with Crippen LogP contribution in [0.25, 0.3) is 0 Å². The molecule has 0 bridgehead atoms. The molecule has 0 aliphatic carbocycles. The van der Waals surface area contributed by atoms with Crippen LogP contribution in [-0.4, -0.2) is 25.7 Å². The summed E-state index contributed by atoms with van der Waals surface area (Å²) in [4.78, 5) is 0. The van der Waals surface area contributed by atoms with Crippen LogP contribution in [0.3, 0.4) is 0 Å². The molecule has 1 aliphatic heterocycles. The molecular formula is C18H30N2O. The van der Waals surface area contributed by atoms with Crippen molar-refractivity contribution in [2.24, 2.45) is 0 Å². The minimum absolute atomic E-state index is 0.372. The monoisotopic (exact) mass is 290 g/mol. The van der Waals surface area contributed by atoms with Crippen LogP contribution in [0.5, 0.6) is 5.75 Å². The summed E-state index contributed by atoms with van der Waals surface area (Å²) in [5.41, 5.74) is 1.32. The van der Waals surface area contributed by atoms with Gasteiger partial charge in [0.05, 0.1) is 7.11 Å². The summed E-state index contributed by atoms with van der Waals surface area (Å²) in [5, 5.41) is 7.40. The molecule has 1 aromatic carbocycles. The molecule has 1 fully saturated rings. The molecule has 1 saturated heterocycles. The van der Waals surface area contributed by atoms with Gasteiger partial charge in [0.25, 0.3) is 0 Å². The Hall–Kier alpha value is -1.06. The van der Waals surface area contributed by atoms with Gasteiger partial charge in [0.15, 0.2) is 0 Å². The van der Waals surface area contributed by atoms with E-state index in [4.69, 9.17) is 4.74 Å². The lowest BCUT2D eigenvalue weighted by molar-refractivity contribution is 0.380. The average Bonchev–Trinajstić information content (AvgIpc) is 2.75. The van der Waals surface area contributed by atoms with Crippen molar-refractivity contribution < 1.29 is 4.74 Å². The third-order valence-electron chi connectivity index (χ3n) is 4.45. The molecule has 2 N–H and O–H groups in total. The summed E-state index contributed by atoms with van der Waals surface area (Å²) in [7, 11) is 1.71. The Labute approximate surface area is 129 Å². The van der Waals surface area contributed by atoms with Crippen LogP contribution in [0, 0.1) is 0 Å². The standard InChI is InChI=1S/C18H30N2O/c1-14(13-17-7-5-4-6-12-19-17)20-15(2)16-8-10-18(21-3)11-9-16/h8-11,14-15,17,19-20H,4-7,12-13H2,1-3H3/t14?,15-,17?/m0/s1. The molecule has 0 aromatic heterocycles. The van der Waals surface area contributed by atoms with Gasteiger partial charge in [-0.3, -0.25) is 0 Å². The minimum atomic E-state index is 0.372. The molecule has 3 heteroatoms. The third kappa shape index (κ3) is 5.33. The fraction of sp³-hybridized carbons (Fsp3) is 0.667. The molecule has 2 unspecified atom stereocenters. The van der Waals surface area contributed by atoms with Crippen LogP contribution in [0.1, 0.15) is 57.6 Å². The third-order valence-corrected chi connectivity index (χ3v) is 4.45. The van der Waals surface area contributed by atoms with Crippen molar-refractivity contribution in [3.8, 4) is 5.75 Å². The Morgan fingerprint density at radius 1 is 1.19 bits per heavy atom. The van der Waals surface area contributed by atoms with Gasteiger partial charge >= 0.3 is 0 Å². The molecule has 0 radical (unpaired) electrons. The van der Waals surface area contributed by atoms with E-state index in [0.29, 0.717) is 18.1 Å². The summed E-state index contributed by atoms with van der Waals surface area (Å²) in [6.45, 7) is 5.72. The molecule has 3 nitrogen and oxygen atoms in total. The van der Waals surface area contributed by atoms with E-state index in [2.05, 4.69) is 36.6 Å². The van der Waals surface area contributed by atoms with E-state index in [1.807, 2.05) is 12.1 Å². The molecule has 0 saturated carbocycles. The predicted octanol–water partition coefficient (Wildman–Crippen LogP) is 3.66. The SMILES string of the molecule is COc1ccc([C@H](C)NC(C)CC2CCCCCN2)cc1. The van der Waals surface area contributed by atoms with Gasteiger partial charge in [-0.05, 0) is 57.4 Å². The fourth-order valence-corrected chi connectivity index (χ4v) is 3.21. The van der Waals surface area contributed by atoms with Gasteiger partial charge in [-0.2, -0.15) is 0 Å². The zero-order valence-electron chi connectivity index (χ0n) is 13.7. The molecule has 21 heavy (non-hydrogen) atoms. The number of hydrogen-bond donors (Lipinski definition) is 2. The van der Waals surface area contributed by atoms with E-state index in [-0.39, 0.29) is 0 Å². The lowest BCUT2D eigenvalue weighted by Crippen LogP contribution is -2.37. The van der Waals surface area contributed by atoms with Crippen LogP contribution in [0.2, 0.25) is 0 Å². The van der Waals surface area contributed by atoms with Crippen LogP contribution in [0.15, 0.2) is 24.3 Å². The Balaban J connectivity index is 1.81. The van der Waals surface area contributed by atoms with E-state index >= 15 is 0 Å². The first kappa shape index (κ1) is 16.3. The minimum Gasteiger partial charge on any atom is -0.497 e. The number of nitrogens with one attached hydrogen (secondary N) is 2. The van der Waals surface area contributed by atoms with Crippen molar-refractivity contribution in [3.63, 3.8) is 0 Å². The number of hydrogen-bond acceptors (Lipinski definition) is 3. The summed E-state index contributed by atoms with van der Waals surface area (Å²) in [6, 6.07) is 9.93. The Morgan fingerprint density at radius 2 is 1.95 bits per heavy atom. The van der Waals surface area contributed by atoms with Gasteiger partial charge in [-0.15, -0.1) is 0 Å². The number of rotatable bonds is 6. The lowest BCUT2D eigenvalue weighted by atomic mass is 10.0.